The van der Waals surface area contributed by atoms with Crippen molar-refractivity contribution < 1.29 is 9.53 Å². The van der Waals surface area contributed by atoms with Crippen molar-refractivity contribution in [2.75, 3.05) is 0 Å². The number of hydrogen-bond acceptors (Lipinski definition) is 3. The van der Waals surface area contributed by atoms with Crippen LogP contribution in [0.1, 0.15) is 44.4 Å². The number of hydrogen-bond donors (Lipinski definition) is 2. The molecule has 0 spiro atoms. The van der Waals surface area contributed by atoms with Gasteiger partial charge in [0.1, 0.15) is 16.9 Å². The number of carbonyl (C=O) groups is 1. The van der Waals surface area contributed by atoms with Crippen molar-refractivity contribution in [3.8, 4) is 5.75 Å². The molecule has 5 heteroatoms. The maximum atomic E-state index is 12.9. The number of benzene rings is 2. The number of para-hydroxylation sites is 1. The van der Waals surface area contributed by atoms with Crippen LogP contribution in [0, 0.1) is 0 Å². The minimum Gasteiger partial charge on any atom is -0.487 e. The van der Waals surface area contributed by atoms with E-state index in [4.69, 9.17) is 10.5 Å². The lowest BCUT2D eigenvalue weighted by molar-refractivity contribution is -0.127. The molecule has 1 aliphatic heterocycles. The lowest BCUT2D eigenvalue weighted by atomic mass is 9.87. The number of nitrogens with one attached hydrogen (secondary N) is 1. The second-order valence-electron chi connectivity index (χ2n) is 7.20. The monoisotopic (exact) mass is 360 g/mol. The topological polar surface area (TPSA) is 64.4 Å². The Labute approximate surface area is 155 Å². The van der Waals surface area contributed by atoms with Crippen molar-refractivity contribution in [2.45, 2.75) is 44.4 Å². The first kappa shape index (κ1) is 19.3. The van der Waals surface area contributed by atoms with E-state index in [1.807, 2.05) is 68.4 Å². The molecule has 0 saturated heterocycles. The smallest absolute Gasteiger partial charge is 0.244 e. The van der Waals surface area contributed by atoms with Crippen LogP contribution in [0.3, 0.4) is 0 Å². The van der Waals surface area contributed by atoms with E-state index in [0.29, 0.717) is 6.42 Å². The highest BCUT2D eigenvalue weighted by Crippen LogP contribution is 2.39. The molecule has 2 atom stereocenters. The lowest BCUT2D eigenvalue weighted by Gasteiger charge is -2.39. The van der Waals surface area contributed by atoms with Gasteiger partial charge in [0.2, 0.25) is 5.91 Å². The molecule has 0 fully saturated rings. The van der Waals surface area contributed by atoms with Crippen LogP contribution in [0.25, 0.3) is 0 Å². The fourth-order valence-corrected chi connectivity index (χ4v) is 3.15. The Bertz CT molecular complexity index is 744. The molecule has 0 radical (unpaired) electrons. The fraction of sp³-hybridized carbons (Fsp3) is 0.350. The van der Waals surface area contributed by atoms with Gasteiger partial charge in [0.15, 0.2) is 0 Å². The summed E-state index contributed by atoms with van der Waals surface area (Å²) in [4.78, 5) is 12.9. The van der Waals surface area contributed by atoms with Gasteiger partial charge in [-0.2, -0.15) is 0 Å². The molecule has 1 aliphatic rings. The number of carbonyl (C=O) groups excluding carboxylic acids is 1. The molecular weight excluding hydrogens is 336 g/mol. The summed E-state index contributed by atoms with van der Waals surface area (Å²) in [7, 11) is 0. The van der Waals surface area contributed by atoms with E-state index >= 15 is 0 Å². The van der Waals surface area contributed by atoms with Crippen LogP contribution in [0.2, 0.25) is 0 Å². The molecule has 3 N–H and O–H groups in total. The van der Waals surface area contributed by atoms with Gasteiger partial charge in [0.25, 0.3) is 0 Å². The van der Waals surface area contributed by atoms with Crippen molar-refractivity contribution in [3.63, 3.8) is 0 Å². The molecule has 1 amide bonds. The van der Waals surface area contributed by atoms with Crippen LogP contribution in [0.5, 0.6) is 5.75 Å². The first-order valence-electron chi connectivity index (χ1n) is 8.23. The van der Waals surface area contributed by atoms with Gasteiger partial charge in [-0.15, -0.1) is 12.4 Å². The molecule has 0 saturated carbocycles. The van der Waals surface area contributed by atoms with Crippen LogP contribution < -0.4 is 15.8 Å². The van der Waals surface area contributed by atoms with Crippen molar-refractivity contribution in [1.29, 1.82) is 0 Å². The SMILES string of the molecule is CC1(C)CC(NC(=O)C(C)(N)c2ccccc2)c2ccccc2O1.Cl. The van der Waals surface area contributed by atoms with Gasteiger partial charge in [0, 0.05) is 12.0 Å². The van der Waals surface area contributed by atoms with Crippen molar-refractivity contribution in [2.24, 2.45) is 5.73 Å². The summed E-state index contributed by atoms with van der Waals surface area (Å²) in [6.45, 7) is 5.80. The van der Waals surface area contributed by atoms with Gasteiger partial charge in [-0.3, -0.25) is 4.79 Å². The molecule has 0 aromatic heterocycles. The van der Waals surface area contributed by atoms with Crippen LogP contribution in [-0.2, 0) is 10.3 Å². The van der Waals surface area contributed by atoms with E-state index in [2.05, 4.69) is 5.32 Å². The number of rotatable bonds is 3. The van der Waals surface area contributed by atoms with E-state index in [-0.39, 0.29) is 30.0 Å². The van der Waals surface area contributed by atoms with E-state index in [1.165, 1.54) is 0 Å². The Hall–Kier alpha value is -2.04. The quantitative estimate of drug-likeness (QED) is 0.877. The Morgan fingerprint density at radius 1 is 1.16 bits per heavy atom. The molecule has 2 unspecified atom stereocenters. The minimum atomic E-state index is -1.08. The summed E-state index contributed by atoms with van der Waals surface area (Å²) >= 11 is 0. The summed E-state index contributed by atoms with van der Waals surface area (Å²) in [5.41, 5.74) is 6.70. The average molecular weight is 361 g/mol. The van der Waals surface area contributed by atoms with Crippen LogP contribution >= 0.6 is 12.4 Å². The maximum Gasteiger partial charge on any atom is 0.244 e. The molecule has 0 aliphatic carbocycles. The van der Waals surface area contributed by atoms with Gasteiger partial charge in [-0.1, -0.05) is 48.5 Å². The molecule has 0 bridgehead atoms. The zero-order valence-corrected chi connectivity index (χ0v) is 15.6. The van der Waals surface area contributed by atoms with Crippen LogP contribution in [-0.4, -0.2) is 11.5 Å². The summed E-state index contributed by atoms with van der Waals surface area (Å²) in [6.07, 6.45) is 0.695. The van der Waals surface area contributed by atoms with E-state index in [0.717, 1.165) is 16.9 Å². The predicted molar refractivity (Wildman–Crippen MR) is 102 cm³/mol. The number of fused-ring (bicyclic) bond motifs is 1. The Kier molecular flexibility index (Phi) is 5.45. The van der Waals surface area contributed by atoms with Gasteiger partial charge >= 0.3 is 0 Å². The molecule has 2 aromatic rings. The zero-order valence-electron chi connectivity index (χ0n) is 14.8. The van der Waals surface area contributed by atoms with Gasteiger partial charge in [-0.05, 0) is 32.4 Å². The highest BCUT2D eigenvalue weighted by Gasteiger charge is 2.38. The minimum absolute atomic E-state index is 0. The van der Waals surface area contributed by atoms with Gasteiger partial charge < -0.3 is 15.8 Å². The lowest BCUT2D eigenvalue weighted by Crippen LogP contribution is -2.51. The average Bonchev–Trinajstić information content (AvgIpc) is 2.54. The highest BCUT2D eigenvalue weighted by atomic mass is 35.5. The zero-order chi connectivity index (χ0) is 17.4. The predicted octanol–water partition coefficient (Wildman–Crippen LogP) is 3.70. The van der Waals surface area contributed by atoms with E-state index < -0.39 is 5.54 Å². The first-order chi connectivity index (χ1) is 11.3. The summed E-state index contributed by atoms with van der Waals surface area (Å²) in [5.74, 6) is 0.628. The highest BCUT2D eigenvalue weighted by molar-refractivity contribution is 5.87. The molecule has 2 aromatic carbocycles. The normalized spacial score (nSPS) is 20.2. The van der Waals surface area contributed by atoms with E-state index in [1.54, 1.807) is 6.92 Å². The number of nitrogens with two attached hydrogens (primary N) is 1. The molecule has 4 nitrogen and oxygen atoms in total. The van der Waals surface area contributed by atoms with Crippen LogP contribution in [0.4, 0.5) is 0 Å². The first-order valence-corrected chi connectivity index (χ1v) is 8.23. The third kappa shape index (κ3) is 3.97. The second kappa shape index (κ2) is 7.06. The Balaban J connectivity index is 0.00000225. The summed E-state index contributed by atoms with van der Waals surface area (Å²) in [6, 6.07) is 17.2. The maximum absolute atomic E-state index is 12.9. The number of halogens is 1. The number of ether oxygens (including phenoxy) is 1. The summed E-state index contributed by atoms with van der Waals surface area (Å²) in [5, 5.41) is 3.13. The van der Waals surface area contributed by atoms with Crippen molar-refractivity contribution in [3.05, 3.63) is 65.7 Å². The van der Waals surface area contributed by atoms with Gasteiger partial charge in [0.05, 0.1) is 6.04 Å². The third-order valence-corrected chi connectivity index (χ3v) is 4.53. The molecule has 1 heterocycles. The third-order valence-electron chi connectivity index (χ3n) is 4.53. The Morgan fingerprint density at radius 2 is 1.76 bits per heavy atom. The van der Waals surface area contributed by atoms with Crippen LogP contribution in [0.15, 0.2) is 54.6 Å². The number of amides is 1. The molecule has 3 rings (SSSR count). The summed E-state index contributed by atoms with van der Waals surface area (Å²) < 4.78 is 6.02. The van der Waals surface area contributed by atoms with Crippen molar-refractivity contribution in [1.82, 2.24) is 5.32 Å². The molecule has 25 heavy (non-hydrogen) atoms. The van der Waals surface area contributed by atoms with Crippen molar-refractivity contribution >= 4 is 18.3 Å². The second-order valence-corrected chi connectivity index (χ2v) is 7.20. The standard InChI is InChI=1S/C20H24N2O2.ClH/c1-19(2)13-16(15-11-7-8-12-17(15)24-19)22-18(23)20(3,21)14-9-5-4-6-10-14;/h4-12,16H,13,21H2,1-3H3,(H,22,23);1H. The Morgan fingerprint density at radius 3 is 2.44 bits per heavy atom. The molecular formula is C20H25ClN2O2. The van der Waals surface area contributed by atoms with E-state index in [9.17, 15) is 4.79 Å². The largest absolute Gasteiger partial charge is 0.487 e. The van der Waals surface area contributed by atoms with Gasteiger partial charge in [-0.25, -0.2) is 0 Å². The fourth-order valence-electron chi connectivity index (χ4n) is 3.15. The molecule has 134 valence electrons.